The molecule has 0 atom stereocenters. The first-order valence-electron chi connectivity index (χ1n) is 4.85. The van der Waals surface area contributed by atoms with Crippen LogP contribution in [0.15, 0.2) is 29.3 Å². The summed E-state index contributed by atoms with van der Waals surface area (Å²) in [5.74, 6) is 0.285. The Morgan fingerprint density at radius 3 is 3.00 bits per heavy atom. The van der Waals surface area contributed by atoms with E-state index < -0.39 is 6.73 Å². The molecule has 0 amide bonds. The van der Waals surface area contributed by atoms with E-state index in [0.717, 1.165) is 4.57 Å². The fraction of sp³-hybridized carbons (Fsp3) is 0.100. The van der Waals surface area contributed by atoms with Gasteiger partial charge in [0.05, 0.1) is 10.9 Å². The van der Waals surface area contributed by atoms with Crippen LogP contribution in [0.3, 0.4) is 0 Å². The van der Waals surface area contributed by atoms with Crippen molar-refractivity contribution in [1.82, 2.24) is 19.2 Å². The molecule has 2 heterocycles. The molecule has 17 heavy (non-hydrogen) atoms. The summed E-state index contributed by atoms with van der Waals surface area (Å²) in [6.45, 7) is -0.445. The maximum Gasteiger partial charge on any atom is 0.264 e. The highest BCUT2D eigenvalue weighted by molar-refractivity contribution is 6.31. The van der Waals surface area contributed by atoms with E-state index in [-0.39, 0.29) is 11.3 Å². The van der Waals surface area contributed by atoms with Gasteiger partial charge in [-0.15, -0.1) is 10.2 Å². The molecule has 86 valence electrons. The van der Waals surface area contributed by atoms with Gasteiger partial charge in [0.2, 0.25) is 5.78 Å². The van der Waals surface area contributed by atoms with Gasteiger partial charge in [0.15, 0.2) is 0 Å². The molecule has 7 heteroatoms. The molecule has 0 bridgehead atoms. The number of rotatable bonds is 1. The molecular formula is C10H7ClN4O2. The average Bonchev–Trinajstić information content (AvgIpc) is 2.78. The Bertz CT molecular complexity index is 777. The third-order valence-electron chi connectivity index (χ3n) is 2.61. The first-order valence-corrected chi connectivity index (χ1v) is 5.23. The van der Waals surface area contributed by atoms with Crippen LogP contribution in [0.25, 0.3) is 16.7 Å². The fourth-order valence-corrected chi connectivity index (χ4v) is 2.00. The van der Waals surface area contributed by atoms with Crippen LogP contribution >= 0.6 is 11.6 Å². The predicted molar refractivity (Wildman–Crippen MR) is 62.0 cm³/mol. The molecule has 0 spiro atoms. The molecule has 1 N–H and O–H groups in total. The lowest BCUT2D eigenvalue weighted by Crippen LogP contribution is -2.23. The summed E-state index contributed by atoms with van der Waals surface area (Å²) in [6.07, 6.45) is 1.47. The van der Waals surface area contributed by atoms with Gasteiger partial charge in [-0.1, -0.05) is 11.6 Å². The van der Waals surface area contributed by atoms with E-state index in [2.05, 4.69) is 10.2 Å². The van der Waals surface area contributed by atoms with Crippen LogP contribution in [-0.4, -0.2) is 24.3 Å². The second kappa shape index (κ2) is 3.54. The number of hydrogen-bond donors (Lipinski definition) is 1. The SMILES string of the molecule is O=c1c2ccc(Cl)cc2n2cnnc2n1CO. The van der Waals surface area contributed by atoms with Crippen LogP contribution in [0.1, 0.15) is 0 Å². The topological polar surface area (TPSA) is 72.4 Å². The molecule has 3 rings (SSSR count). The van der Waals surface area contributed by atoms with Crippen molar-refractivity contribution < 1.29 is 5.11 Å². The molecule has 3 aromatic rings. The number of benzene rings is 1. The van der Waals surface area contributed by atoms with E-state index in [4.69, 9.17) is 11.6 Å². The van der Waals surface area contributed by atoms with Crippen LogP contribution in [-0.2, 0) is 6.73 Å². The Morgan fingerprint density at radius 2 is 2.24 bits per heavy atom. The molecule has 0 radical (unpaired) electrons. The Morgan fingerprint density at radius 1 is 1.41 bits per heavy atom. The highest BCUT2D eigenvalue weighted by Crippen LogP contribution is 2.17. The van der Waals surface area contributed by atoms with Crippen molar-refractivity contribution in [3.63, 3.8) is 0 Å². The van der Waals surface area contributed by atoms with Crippen molar-refractivity contribution in [3.8, 4) is 0 Å². The van der Waals surface area contributed by atoms with Gasteiger partial charge in [-0.05, 0) is 18.2 Å². The maximum atomic E-state index is 12.1. The normalized spacial score (nSPS) is 11.4. The van der Waals surface area contributed by atoms with Gasteiger partial charge >= 0.3 is 0 Å². The lowest BCUT2D eigenvalue weighted by molar-refractivity contribution is 0.209. The summed E-state index contributed by atoms with van der Waals surface area (Å²) < 4.78 is 2.75. The van der Waals surface area contributed by atoms with Crippen LogP contribution in [0.5, 0.6) is 0 Å². The summed E-state index contributed by atoms with van der Waals surface area (Å²) in [5, 5.41) is 17.7. The second-order valence-corrected chi connectivity index (χ2v) is 3.97. The van der Waals surface area contributed by atoms with Crippen molar-refractivity contribution in [2.75, 3.05) is 0 Å². The number of hydrogen-bond acceptors (Lipinski definition) is 4. The van der Waals surface area contributed by atoms with Gasteiger partial charge in [0.25, 0.3) is 5.56 Å². The summed E-state index contributed by atoms with van der Waals surface area (Å²) in [5.41, 5.74) is 0.298. The minimum absolute atomic E-state index is 0.285. The molecule has 0 saturated carbocycles. The van der Waals surface area contributed by atoms with Gasteiger partial charge in [0.1, 0.15) is 13.1 Å². The lowest BCUT2D eigenvalue weighted by Gasteiger charge is -2.07. The Labute approximate surface area is 99.7 Å². The van der Waals surface area contributed by atoms with E-state index in [1.807, 2.05) is 0 Å². The van der Waals surface area contributed by atoms with Crippen LogP contribution in [0, 0.1) is 0 Å². The van der Waals surface area contributed by atoms with Crippen molar-refractivity contribution >= 4 is 28.3 Å². The standard InChI is InChI=1S/C10H7ClN4O2/c11-6-1-2-7-8(3-6)14-4-12-13-10(14)15(5-16)9(7)17/h1-4,16H,5H2. The monoisotopic (exact) mass is 250 g/mol. The summed E-state index contributed by atoms with van der Waals surface area (Å²) in [4.78, 5) is 12.1. The van der Waals surface area contributed by atoms with Gasteiger partial charge in [0, 0.05) is 5.02 Å². The molecule has 2 aromatic heterocycles. The minimum Gasteiger partial charge on any atom is -0.376 e. The first-order chi connectivity index (χ1) is 8.22. The number of fused-ring (bicyclic) bond motifs is 3. The third-order valence-corrected chi connectivity index (χ3v) is 2.84. The van der Waals surface area contributed by atoms with Gasteiger partial charge in [-0.25, -0.2) is 0 Å². The highest BCUT2D eigenvalue weighted by Gasteiger charge is 2.11. The average molecular weight is 251 g/mol. The fourth-order valence-electron chi connectivity index (χ4n) is 1.83. The van der Waals surface area contributed by atoms with Crippen molar-refractivity contribution in [3.05, 3.63) is 39.9 Å². The van der Waals surface area contributed by atoms with E-state index in [0.29, 0.717) is 15.9 Å². The van der Waals surface area contributed by atoms with Crippen molar-refractivity contribution in [2.45, 2.75) is 6.73 Å². The smallest absolute Gasteiger partial charge is 0.264 e. The van der Waals surface area contributed by atoms with Crippen LogP contribution < -0.4 is 5.56 Å². The zero-order valence-corrected chi connectivity index (χ0v) is 9.29. The highest BCUT2D eigenvalue weighted by atomic mass is 35.5. The van der Waals surface area contributed by atoms with Crippen LogP contribution in [0.4, 0.5) is 0 Å². The summed E-state index contributed by atoms with van der Waals surface area (Å²) in [6, 6.07) is 4.91. The molecule has 0 fully saturated rings. The quantitative estimate of drug-likeness (QED) is 0.688. The van der Waals surface area contributed by atoms with Gasteiger partial charge < -0.3 is 5.11 Å². The molecule has 0 aliphatic carbocycles. The summed E-state index contributed by atoms with van der Waals surface area (Å²) in [7, 11) is 0. The lowest BCUT2D eigenvalue weighted by atomic mass is 10.2. The van der Waals surface area contributed by atoms with E-state index in [9.17, 15) is 9.90 Å². The molecule has 6 nitrogen and oxygen atoms in total. The zero-order valence-electron chi connectivity index (χ0n) is 8.54. The maximum absolute atomic E-state index is 12.1. The van der Waals surface area contributed by atoms with E-state index in [1.165, 1.54) is 6.33 Å². The number of halogens is 1. The second-order valence-electron chi connectivity index (χ2n) is 3.54. The Kier molecular flexibility index (Phi) is 2.13. The molecule has 1 aromatic carbocycles. The largest absolute Gasteiger partial charge is 0.376 e. The minimum atomic E-state index is -0.445. The molecule has 0 unspecified atom stereocenters. The molecule has 0 aliphatic rings. The predicted octanol–water partition coefficient (Wildman–Crippen LogP) is 0.647. The number of nitrogens with zero attached hydrogens (tertiary/aromatic N) is 4. The van der Waals surface area contributed by atoms with Crippen LogP contribution in [0.2, 0.25) is 5.02 Å². The first kappa shape index (κ1) is 10.2. The molecule has 0 saturated heterocycles. The third kappa shape index (κ3) is 1.35. The van der Waals surface area contributed by atoms with E-state index >= 15 is 0 Å². The number of aromatic nitrogens is 4. The molecule has 0 aliphatic heterocycles. The van der Waals surface area contributed by atoms with Gasteiger partial charge in [-0.3, -0.25) is 13.8 Å². The van der Waals surface area contributed by atoms with Gasteiger partial charge in [-0.2, -0.15) is 0 Å². The molecular weight excluding hydrogens is 244 g/mol. The van der Waals surface area contributed by atoms with Crippen molar-refractivity contribution in [2.24, 2.45) is 0 Å². The number of aliphatic hydroxyl groups is 1. The van der Waals surface area contributed by atoms with E-state index in [1.54, 1.807) is 22.6 Å². The number of aliphatic hydroxyl groups excluding tert-OH is 1. The van der Waals surface area contributed by atoms with Crippen molar-refractivity contribution in [1.29, 1.82) is 0 Å². The Hall–Kier alpha value is -1.92. The Balaban J connectivity index is 2.66. The zero-order chi connectivity index (χ0) is 12.0. The summed E-state index contributed by atoms with van der Waals surface area (Å²) >= 11 is 5.90.